The molecular formula is C20H20N2OS2. The Labute approximate surface area is 156 Å². The average molecular weight is 369 g/mol. The number of aromatic nitrogens is 1. The number of thioether (sulfide) groups is 1. The van der Waals surface area contributed by atoms with Gasteiger partial charge in [-0.2, -0.15) is 0 Å². The molecule has 0 saturated heterocycles. The molecule has 3 rings (SSSR count). The van der Waals surface area contributed by atoms with E-state index in [0.29, 0.717) is 13.0 Å². The van der Waals surface area contributed by atoms with E-state index < -0.39 is 0 Å². The number of carbonyl (C=O) groups is 1. The van der Waals surface area contributed by atoms with E-state index in [4.69, 9.17) is 0 Å². The van der Waals surface area contributed by atoms with Gasteiger partial charge in [-0.05, 0) is 19.1 Å². The molecule has 1 heterocycles. The molecule has 25 heavy (non-hydrogen) atoms. The molecule has 2 aromatic carbocycles. The third-order valence-electron chi connectivity index (χ3n) is 3.66. The molecule has 0 aliphatic rings. The quantitative estimate of drug-likeness (QED) is 0.602. The van der Waals surface area contributed by atoms with E-state index in [0.717, 1.165) is 22.0 Å². The smallest absolute Gasteiger partial charge is 0.221 e. The Balaban J connectivity index is 1.42. The minimum atomic E-state index is 0.0638. The average Bonchev–Trinajstić information content (AvgIpc) is 3.11. The molecule has 0 atom stereocenters. The predicted octanol–water partition coefficient (Wildman–Crippen LogP) is 4.92. The molecule has 3 nitrogen and oxygen atoms in total. The molecule has 0 radical (unpaired) electrons. The number of benzene rings is 2. The lowest BCUT2D eigenvalue weighted by Gasteiger charge is -2.04. The SMILES string of the molecule is Cc1ccc(SCCC(=O)NCc2csc(-c3ccccc3)n2)cc1. The molecule has 0 unspecified atom stereocenters. The van der Waals surface area contributed by atoms with Crippen molar-refractivity contribution in [3.05, 3.63) is 71.2 Å². The topological polar surface area (TPSA) is 42.0 Å². The van der Waals surface area contributed by atoms with E-state index in [9.17, 15) is 4.79 Å². The van der Waals surface area contributed by atoms with Crippen molar-refractivity contribution in [1.29, 1.82) is 0 Å². The summed E-state index contributed by atoms with van der Waals surface area (Å²) in [5.74, 6) is 0.843. The lowest BCUT2D eigenvalue weighted by atomic mass is 10.2. The minimum absolute atomic E-state index is 0.0638. The third kappa shape index (κ3) is 5.44. The Hall–Kier alpha value is -2.11. The van der Waals surface area contributed by atoms with Crippen molar-refractivity contribution < 1.29 is 4.79 Å². The number of nitrogens with zero attached hydrogens (tertiary/aromatic N) is 1. The van der Waals surface area contributed by atoms with Gasteiger partial charge < -0.3 is 5.32 Å². The van der Waals surface area contributed by atoms with Gasteiger partial charge in [-0.3, -0.25) is 4.79 Å². The Morgan fingerprint density at radius 3 is 2.64 bits per heavy atom. The summed E-state index contributed by atoms with van der Waals surface area (Å²) in [6.45, 7) is 2.56. The highest BCUT2D eigenvalue weighted by molar-refractivity contribution is 7.99. The number of carbonyl (C=O) groups excluding carboxylic acids is 1. The van der Waals surface area contributed by atoms with Gasteiger partial charge in [0.05, 0.1) is 12.2 Å². The largest absolute Gasteiger partial charge is 0.350 e. The van der Waals surface area contributed by atoms with Crippen LogP contribution >= 0.6 is 23.1 Å². The van der Waals surface area contributed by atoms with E-state index in [1.165, 1.54) is 10.5 Å². The first-order valence-corrected chi connectivity index (χ1v) is 10.0. The van der Waals surface area contributed by atoms with Gasteiger partial charge in [-0.15, -0.1) is 23.1 Å². The van der Waals surface area contributed by atoms with E-state index in [1.807, 2.05) is 35.7 Å². The molecule has 128 valence electrons. The molecule has 1 aromatic heterocycles. The summed E-state index contributed by atoms with van der Waals surface area (Å²) in [5.41, 5.74) is 3.27. The van der Waals surface area contributed by atoms with Gasteiger partial charge in [0, 0.05) is 28.0 Å². The highest BCUT2D eigenvalue weighted by Gasteiger charge is 2.06. The Morgan fingerprint density at radius 1 is 1.12 bits per heavy atom. The van der Waals surface area contributed by atoms with Crippen LogP contribution in [0.3, 0.4) is 0 Å². The lowest BCUT2D eigenvalue weighted by Crippen LogP contribution is -2.23. The number of hydrogen-bond acceptors (Lipinski definition) is 4. The van der Waals surface area contributed by atoms with Crippen LogP contribution in [-0.4, -0.2) is 16.6 Å². The molecule has 0 saturated carbocycles. The maximum atomic E-state index is 12.0. The minimum Gasteiger partial charge on any atom is -0.350 e. The normalized spacial score (nSPS) is 10.6. The van der Waals surface area contributed by atoms with Gasteiger partial charge in [0.2, 0.25) is 5.91 Å². The van der Waals surface area contributed by atoms with E-state index >= 15 is 0 Å². The summed E-state index contributed by atoms with van der Waals surface area (Å²) in [6.07, 6.45) is 0.508. The van der Waals surface area contributed by atoms with Crippen molar-refractivity contribution >= 4 is 29.0 Å². The van der Waals surface area contributed by atoms with Gasteiger partial charge in [0.1, 0.15) is 5.01 Å². The Kier molecular flexibility index (Phi) is 6.25. The molecule has 3 aromatic rings. The maximum absolute atomic E-state index is 12.0. The van der Waals surface area contributed by atoms with Gasteiger partial charge in [-0.1, -0.05) is 48.0 Å². The maximum Gasteiger partial charge on any atom is 0.221 e. The molecule has 1 N–H and O–H groups in total. The van der Waals surface area contributed by atoms with Crippen LogP contribution in [0.4, 0.5) is 0 Å². The number of nitrogens with one attached hydrogen (secondary N) is 1. The second-order valence-corrected chi connectivity index (χ2v) is 7.72. The van der Waals surface area contributed by atoms with Gasteiger partial charge >= 0.3 is 0 Å². The first-order chi connectivity index (χ1) is 12.2. The summed E-state index contributed by atoms with van der Waals surface area (Å²) in [7, 11) is 0. The van der Waals surface area contributed by atoms with Gasteiger partial charge in [-0.25, -0.2) is 4.98 Å². The van der Waals surface area contributed by atoms with Crippen LogP contribution in [-0.2, 0) is 11.3 Å². The number of amides is 1. The molecule has 0 fully saturated rings. The molecule has 0 aliphatic heterocycles. The molecule has 5 heteroatoms. The van der Waals surface area contributed by atoms with Crippen LogP contribution in [0.5, 0.6) is 0 Å². The first-order valence-electron chi connectivity index (χ1n) is 8.17. The molecular weight excluding hydrogens is 348 g/mol. The first kappa shape index (κ1) is 17.7. The van der Waals surface area contributed by atoms with Gasteiger partial charge in [0.25, 0.3) is 0 Å². The fourth-order valence-corrected chi connectivity index (χ4v) is 3.95. The number of rotatable bonds is 7. The van der Waals surface area contributed by atoms with Crippen LogP contribution in [0.1, 0.15) is 17.7 Å². The second-order valence-electron chi connectivity index (χ2n) is 5.70. The molecule has 0 bridgehead atoms. The lowest BCUT2D eigenvalue weighted by molar-refractivity contribution is -0.120. The number of thiazole rings is 1. The summed E-state index contributed by atoms with van der Waals surface area (Å²) in [6, 6.07) is 18.5. The zero-order valence-electron chi connectivity index (χ0n) is 14.1. The summed E-state index contributed by atoms with van der Waals surface area (Å²) in [4.78, 5) is 17.8. The predicted molar refractivity (Wildman–Crippen MR) is 106 cm³/mol. The summed E-state index contributed by atoms with van der Waals surface area (Å²) < 4.78 is 0. The zero-order valence-corrected chi connectivity index (χ0v) is 15.7. The number of aryl methyl sites for hydroxylation is 1. The van der Waals surface area contributed by atoms with E-state index in [1.54, 1.807) is 23.1 Å². The van der Waals surface area contributed by atoms with Crippen molar-refractivity contribution in [2.75, 3.05) is 5.75 Å². The van der Waals surface area contributed by atoms with Crippen LogP contribution in [0, 0.1) is 6.92 Å². The van der Waals surface area contributed by atoms with Gasteiger partial charge in [0.15, 0.2) is 0 Å². The third-order valence-corrected chi connectivity index (χ3v) is 5.61. The van der Waals surface area contributed by atoms with Crippen molar-refractivity contribution in [2.45, 2.75) is 24.8 Å². The van der Waals surface area contributed by atoms with Crippen molar-refractivity contribution in [3.63, 3.8) is 0 Å². The molecule has 0 spiro atoms. The fourth-order valence-electron chi connectivity index (χ4n) is 2.28. The zero-order chi connectivity index (χ0) is 17.5. The monoisotopic (exact) mass is 368 g/mol. The van der Waals surface area contributed by atoms with Crippen LogP contribution in [0.2, 0.25) is 0 Å². The Morgan fingerprint density at radius 2 is 1.88 bits per heavy atom. The summed E-state index contributed by atoms with van der Waals surface area (Å²) in [5, 5.41) is 5.94. The fraction of sp³-hybridized carbons (Fsp3) is 0.200. The summed E-state index contributed by atoms with van der Waals surface area (Å²) >= 11 is 3.31. The van der Waals surface area contributed by atoms with Crippen molar-refractivity contribution in [3.8, 4) is 10.6 Å². The molecule has 0 aliphatic carbocycles. The van der Waals surface area contributed by atoms with E-state index in [-0.39, 0.29) is 5.91 Å². The Bertz CT molecular complexity index is 813. The standard InChI is InChI=1S/C20H20N2OS2/c1-15-7-9-18(10-8-15)24-12-11-19(23)21-13-17-14-25-20(22-17)16-5-3-2-4-6-16/h2-10,14H,11-13H2,1H3,(H,21,23). The van der Waals surface area contributed by atoms with Crippen LogP contribution in [0.15, 0.2) is 64.9 Å². The van der Waals surface area contributed by atoms with Crippen molar-refractivity contribution in [1.82, 2.24) is 10.3 Å². The highest BCUT2D eigenvalue weighted by Crippen LogP contribution is 2.23. The second kappa shape index (κ2) is 8.83. The highest BCUT2D eigenvalue weighted by atomic mass is 32.2. The van der Waals surface area contributed by atoms with Crippen LogP contribution in [0.25, 0.3) is 10.6 Å². The van der Waals surface area contributed by atoms with Crippen LogP contribution < -0.4 is 5.32 Å². The number of hydrogen-bond donors (Lipinski definition) is 1. The molecule has 1 amide bonds. The van der Waals surface area contributed by atoms with Crippen molar-refractivity contribution in [2.24, 2.45) is 0 Å². The van der Waals surface area contributed by atoms with E-state index in [2.05, 4.69) is 41.5 Å².